The van der Waals surface area contributed by atoms with Crippen LogP contribution >= 0.6 is 0 Å². The molecule has 8 nitrogen and oxygen atoms in total. The van der Waals surface area contributed by atoms with Crippen LogP contribution in [0.2, 0.25) is 0 Å². The number of nitrogens with zero attached hydrogens (tertiary/aromatic N) is 5. The summed E-state index contributed by atoms with van der Waals surface area (Å²) in [6.45, 7) is 20.3. The van der Waals surface area contributed by atoms with E-state index in [1.165, 1.54) is 50.2 Å². The van der Waals surface area contributed by atoms with Crippen molar-refractivity contribution in [2.75, 3.05) is 0 Å². The highest BCUT2D eigenvalue weighted by Gasteiger charge is 2.30. The number of hydrogen-bond acceptors (Lipinski definition) is 6. The van der Waals surface area contributed by atoms with Crippen LogP contribution in [0.15, 0.2) is 203 Å². The Morgan fingerprint density at radius 3 is 1.46 bits per heavy atom. The number of furan rings is 2. The van der Waals surface area contributed by atoms with Gasteiger partial charge in [-0.05, 0) is 154 Å². The van der Waals surface area contributed by atoms with Crippen LogP contribution in [0.4, 0.5) is 0 Å². The van der Waals surface area contributed by atoms with Crippen molar-refractivity contribution >= 4 is 66.1 Å². The normalized spacial score (nSPS) is 12.2. The van der Waals surface area contributed by atoms with Crippen LogP contribution in [-0.2, 0) is 0 Å². The average molecular weight is 1070 g/mol. The van der Waals surface area contributed by atoms with Gasteiger partial charge in [0.15, 0.2) is 5.58 Å². The zero-order valence-electron chi connectivity index (χ0n) is 47.7. The number of ether oxygens (including phenoxy) is 1. The Bertz CT molecular complexity index is 4740. The lowest BCUT2D eigenvalue weighted by Crippen LogP contribution is -2.09. The molecule has 402 valence electrons. The number of pyridine rings is 1. The van der Waals surface area contributed by atoms with E-state index in [1.54, 1.807) is 0 Å². The van der Waals surface area contributed by atoms with E-state index in [4.69, 9.17) is 28.5 Å². The summed E-state index contributed by atoms with van der Waals surface area (Å²) >= 11 is 0. The van der Waals surface area contributed by atoms with Crippen LogP contribution in [0, 0.1) is 6.92 Å². The van der Waals surface area contributed by atoms with Crippen molar-refractivity contribution in [1.82, 2.24) is 24.1 Å². The summed E-state index contributed by atoms with van der Waals surface area (Å²) < 4.78 is 26.0. The number of aromatic nitrogens is 5. The van der Waals surface area contributed by atoms with E-state index in [-0.39, 0.29) is 23.7 Å². The number of benzene rings is 9. The number of imidazole rings is 2. The van der Waals surface area contributed by atoms with Gasteiger partial charge in [0.2, 0.25) is 5.71 Å². The van der Waals surface area contributed by atoms with Gasteiger partial charge >= 0.3 is 0 Å². The molecule has 0 aliphatic rings. The Balaban J connectivity index is 1.00. The minimum Gasteiger partial charge on any atom is -0.457 e. The predicted octanol–water partition coefficient (Wildman–Crippen LogP) is 20.8. The summed E-state index contributed by atoms with van der Waals surface area (Å²) in [7, 11) is 0. The second-order valence-corrected chi connectivity index (χ2v) is 23.1. The van der Waals surface area contributed by atoms with Gasteiger partial charge < -0.3 is 13.6 Å². The molecule has 9 aromatic carbocycles. The lowest BCUT2D eigenvalue weighted by molar-refractivity contribution is 0.483. The molecule has 0 amide bonds. The van der Waals surface area contributed by atoms with E-state index < -0.39 is 0 Å². The van der Waals surface area contributed by atoms with Crippen molar-refractivity contribution < 1.29 is 13.6 Å². The Labute approximate surface area is 477 Å². The Hall–Kier alpha value is -9.53. The zero-order valence-corrected chi connectivity index (χ0v) is 47.7. The molecule has 0 saturated heterocycles. The van der Waals surface area contributed by atoms with Gasteiger partial charge in [-0.15, -0.1) is 0 Å². The maximum Gasteiger partial charge on any atom is 0.231 e. The van der Waals surface area contributed by atoms with Gasteiger partial charge in [0.1, 0.15) is 34.3 Å². The first-order chi connectivity index (χ1) is 39.9. The standard InChI is InChI=1S/C74H63N5O3/c1-42(2)55-36-50(47-23-12-10-13-24-47)37-56(43(3)4)68(55)78-63-32-19-17-30-61(63)76-72(78)49-27-22-28-52(35-49)80-53-40-59-67-71-66(54-29-16-21-34-65(54)81-71)46(9)75-74(67)82-70(59)60(41-53)73-77-62-31-18-20-33-64(62)79(73)69-57(44(5)6)38-51(39-58(69)45(7)8)48-25-14-11-15-26-48/h10-45H,1-9H3. The fraction of sp³-hybridized carbons (Fsp3) is 0.176. The quantitative estimate of drug-likeness (QED) is 0.121. The minimum atomic E-state index is 0.169. The summed E-state index contributed by atoms with van der Waals surface area (Å²) in [5.41, 5.74) is 21.0. The Kier molecular flexibility index (Phi) is 12.3. The fourth-order valence-electron chi connectivity index (χ4n) is 12.4. The van der Waals surface area contributed by atoms with Crippen LogP contribution in [0.3, 0.4) is 0 Å². The smallest absolute Gasteiger partial charge is 0.231 e. The monoisotopic (exact) mass is 1070 g/mol. The molecule has 5 heterocycles. The highest BCUT2D eigenvalue weighted by atomic mass is 16.5. The predicted molar refractivity (Wildman–Crippen MR) is 337 cm³/mol. The molecular formula is C74H63N5O3. The number of fused-ring (bicyclic) bond motifs is 9. The van der Waals surface area contributed by atoms with Gasteiger partial charge in [-0.25, -0.2) is 15.0 Å². The summed E-state index contributed by atoms with van der Waals surface area (Å²) in [5, 5.41) is 3.55. The summed E-state index contributed by atoms with van der Waals surface area (Å²) in [6, 6.07) is 68.5. The van der Waals surface area contributed by atoms with E-state index in [1.807, 2.05) is 31.2 Å². The van der Waals surface area contributed by atoms with Crippen LogP contribution < -0.4 is 4.74 Å². The lowest BCUT2D eigenvalue weighted by atomic mass is 9.88. The molecule has 0 spiro atoms. The third kappa shape index (κ3) is 8.38. The van der Waals surface area contributed by atoms with E-state index in [9.17, 15) is 0 Å². The van der Waals surface area contributed by atoms with Crippen molar-refractivity contribution in [2.24, 2.45) is 0 Å². The molecule has 8 heteroatoms. The minimum absolute atomic E-state index is 0.169. The van der Waals surface area contributed by atoms with Gasteiger partial charge in [-0.3, -0.25) is 9.13 Å². The summed E-state index contributed by atoms with van der Waals surface area (Å²) in [5.74, 6) is 3.60. The van der Waals surface area contributed by atoms with Crippen LogP contribution in [0.5, 0.6) is 11.5 Å². The van der Waals surface area contributed by atoms with Crippen molar-refractivity contribution in [3.05, 3.63) is 222 Å². The largest absolute Gasteiger partial charge is 0.457 e. The van der Waals surface area contributed by atoms with Gasteiger partial charge in [-0.1, -0.05) is 171 Å². The molecule has 0 unspecified atom stereocenters. The zero-order chi connectivity index (χ0) is 56.1. The van der Waals surface area contributed by atoms with E-state index in [0.717, 1.165) is 88.9 Å². The number of para-hydroxylation sites is 5. The maximum absolute atomic E-state index is 7.27. The molecule has 0 atom stereocenters. The second kappa shape index (κ2) is 19.9. The first-order valence-electron chi connectivity index (χ1n) is 28.8. The van der Waals surface area contributed by atoms with E-state index in [0.29, 0.717) is 22.8 Å². The molecule has 82 heavy (non-hydrogen) atoms. The first-order valence-corrected chi connectivity index (χ1v) is 28.8. The van der Waals surface area contributed by atoms with Crippen molar-refractivity contribution in [3.63, 3.8) is 0 Å². The van der Waals surface area contributed by atoms with E-state index in [2.05, 4.69) is 234 Å². The topological polar surface area (TPSA) is 84.0 Å². The third-order valence-corrected chi connectivity index (χ3v) is 16.4. The highest BCUT2D eigenvalue weighted by molar-refractivity contribution is 6.23. The molecule has 14 aromatic rings. The first kappa shape index (κ1) is 50.7. The number of aryl methyl sites for hydroxylation is 1. The Morgan fingerprint density at radius 1 is 0.390 bits per heavy atom. The lowest BCUT2D eigenvalue weighted by Gasteiger charge is -2.24. The molecule has 5 aromatic heterocycles. The molecule has 0 bridgehead atoms. The van der Waals surface area contributed by atoms with Crippen molar-refractivity contribution in [2.45, 2.75) is 86.0 Å². The van der Waals surface area contributed by atoms with Gasteiger partial charge in [0, 0.05) is 16.3 Å². The fourth-order valence-corrected chi connectivity index (χ4v) is 12.4. The Morgan fingerprint density at radius 2 is 0.890 bits per heavy atom. The SMILES string of the molecule is Cc1nc2oc3c(-c4nc5ccccc5n4-c4c(C(C)C)cc(-c5ccccc5)cc4C(C)C)cc(Oc4cccc(-c5nc6ccccc6n5-c5c(C(C)C)cc(-c6ccccc6)cc5C(C)C)c4)cc3c2c2oc3ccccc3c12. The summed E-state index contributed by atoms with van der Waals surface area (Å²) in [4.78, 5) is 16.2. The second-order valence-electron chi connectivity index (χ2n) is 23.1. The molecular weight excluding hydrogens is 1010 g/mol. The van der Waals surface area contributed by atoms with Crippen LogP contribution in [0.1, 0.15) is 107 Å². The number of hydrogen-bond donors (Lipinski definition) is 0. The third-order valence-electron chi connectivity index (χ3n) is 16.4. The van der Waals surface area contributed by atoms with Gasteiger partial charge in [0.25, 0.3) is 0 Å². The van der Waals surface area contributed by atoms with Gasteiger partial charge in [-0.2, -0.15) is 0 Å². The van der Waals surface area contributed by atoms with Gasteiger partial charge in [0.05, 0.1) is 55.5 Å². The van der Waals surface area contributed by atoms with Crippen LogP contribution in [0.25, 0.3) is 122 Å². The van der Waals surface area contributed by atoms with Crippen molar-refractivity contribution in [3.8, 4) is 67.9 Å². The van der Waals surface area contributed by atoms with Crippen molar-refractivity contribution in [1.29, 1.82) is 0 Å². The van der Waals surface area contributed by atoms with Crippen LogP contribution in [-0.4, -0.2) is 24.1 Å². The van der Waals surface area contributed by atoms with E-state index >= 15 is 0 Å². The molecule has 0 saturated carbocycles. The molecule has 0 aliphatic heterocycles. The molecule has 14 rings (SSSR count). The molecule has 0 aliphatic carbocycles. The highest BCUT2D eigenvalue weighted by Crippen LogP contribution is 2.48. The maximum atomic E-state index is 7.27. The molecule has 0 N–H and O–H groups in total. The number of rotatable bonds is 12. The molecule has 0 radical (unpaired) electrons. The summed E-state index contributed by atoms with van der Waals surface area (Å²) in [6.07, 6.45) is 0. The average Bonchev–Trinajstić information content (AvgIpc) is 2.19. The molecule has 0 fully saturated rings.